The molecule has 1 N–H and O–H groups in total. The van der Waals surface area contributed by atoms with Gasteiger partial charge >= 0.3 is 0 Å². The molecule has 4 nitrogen and oxygen atoms in total. The normalized spacial score (nSPS) is 12.8. The van der Waals surface area contributed by atoms with Gasteiger partial charge in [0.05, 0.1) is 23.5 Å². The zero-order valence-electron chi connectivity index (χ0n) is 10.1. The highest BCUT2D eigenvalue weighted by Gasteiger charge is 2.24. The minimum atomic E-state index is -0.149. The van der Waals surface area contributed by atoms with Crippen molar-refractivity contribution >= 4 is 23.1 Å². The van der Waals surface area contributed by atoms with Crippen LogP contribution in [0.4, 0.5) is 17.2 Å². The highest BCUT2D eigenvalue weighted by atomic mass is 16.1. The van der Waals surface area contributed by atoms with E-state index in [1.54, 1.807) is 18.3 Å². The van der Waals surface area contributed by atoms with Crippen LogP contribution in [0.1, 0.15) is 10.4 Å². The van der Waals surface area contributed by atoms with Crippen LogP contribution in [-0.2, 0) is 0 Å². The van der Waals surface area contributed by atoms with Crippen molar-refractivity contribution in [2.45, 2.75) is 0 Å². The molecule has 0 spiro atoms. The number of carbonyl (C=O) groups is 1. The van der Waals surface area contributed by atoms with Crippen molar-refractivity contribution in [3.8, 4) is 12.3 Å². The lowest BCUT2D eigenvalue weighted by molar-refractivity contribution is 0.102. The molecule has 0 fully saturated rings. The number of carbonyl (C=O) groups excluding carboxylic acids is 1. The number of anilines is 3. The van der Waals surface area contributed by atoms with E-state index in [9.17, 15) is 4.79 Å². The maximum absolute atomic E-state index is 12.2. The molecule has 1 aromatic heterocycles. The Balaban J connectivity index is 2.26. The molecular formula is C15H11N3O. The number of terminal acetylenes is 1. The second-order valence-electron chi connectivity index (χ2n) is 4.14. The van der Waals surface area contributed by atoms with E-state index < -0.39 is 0 Å². The van der Waals surface area contributed by atoms with Crippen molar-refractivity contribution in [1.29, 1.82) is 0 Å². The minimum absolute atomic E-state index is 0.149. The number of para-hydroxylation sites is 1. The topological polar surface area (TPSA) is 45.2 Å². The molecule has 4 heteroatoms. The van der Waals surface area contributed by atoms with Crippen LogP contribution in [0.2, 0.25) is 0 Å². The minimum Gasteiger partial charge on any atom is -0.319 e. The average molecular weight is 249 g/mol. The second-order valence-corrected chi connectivity index (χ2v) is 4.14. The van der Waals surface area contributed by atoms with Gasteiger partial charge in [0.1, 0.15) is 0 Å². The van der Waals surface area contributed by atoms with E-state index in [0.717, 1.165) is 5.69 Å². The maximum atomic E-state index is 12.2. The summed E-state index contributed by atoms with van der Waals surface area (Å²) < 4.78 is 0. The molecule has 1 aliphatic heterocycles. The van der Waals surface area contributed by atoms with Crippen molar-refractivity contribution in [3.05, 3.63) is 48.2 Å². The van der Waals surface area contributed by atoms with Crippen LogP contribution in [0.15, 0.2) is 42.6 Å². The van der Waals surface area contributed by atoms with Crippen molar-refractivity contribution < 1.29 is 4.79 Å². The number of hydrogen-bond acceptors (Lipinski definition) is 3. The summed E-state index contributed by atoms with van der Waals surface area (Å²) in [6.07, 6.45) is 7.12. The second kappa shape index (κ2) is 4.46. The van der Waals surface area contributed by atoms with Gasteiger partial charge in [-0.2, -0.15) is 0 Å². The quantitative estimate of drug-likeness (QED) is 0.789. The smallest absolute Gasteiger partial charge is 0.257 e. The van der Waals surface area contributed by atoms with E-state index in [1.165, 1.54) is 0 Å². The predicted molar refractivity (Wildman–Crippen MR) is 74.5 cm³/mol. The van der Waals surface area contributed by atoms with Gasteiger partial charge in [-0.1, -0.05) is 18.1 Å². The van der Waals surface area contributed by atoms with E-state index in [-0.39, 0.29) is 5.91 Å². The lowest BCUT2D eigenvalue weighted by Crippen LogP contribution is -2.19. The van der Waals surface area contributed by atoms with Gasteiger partial charge in [-0.05, 0) is 24.3 Å². The lowest BCUT2D eigenvalue weighted by atomic mass is 10.1. The Morgan fingerprint density at radius 1 is 1.26 bits per heavy atom. The standard InChI is InChI=1S/C15H11N3O/c1-2-10-18-13-8-4-3-6-11(13)15(19)17-12-7-5-9-16-14(12)18/h1,3-9H,10H2,(H,17,19). The Morgan fingerprint density at radius 3 is 2.95 bits per heavy atom. The Morgan fingerprint density at radius 2 is 2.11 bits per heavy atom. The van der Waals surface area contributed by atoms with Crippen molar-refractivity contribution in [3.63, 3.8) is 0 Å². The van der Waals surface area contributed by atoms with Crippen LogP contribution >= 0.6 is 0 Å². The third-order valence-corrected chi connectivity index (χ3v) is 2.98. The van der Waals surface area contributed by atoms with Crippen LogP contribution in [0.5, 0.6) is 0 Å². The fraction of sp³-hybridized carbons (Fsp3) is 0.0667. The summed E-state index contributed by atoms with van der Waals surface area (Å²) >= 11 is 0. The molecule has 1 aliphatic rings. The predicted octanol–water partition coefficient (Wildman–Crippen LogP) is 2.42. The van der Waals surface area contributed by atoms with Gasteiger partial charge in [0.25, 0.3) is 5.91 Å². The highest BCUT2D eigenvalue weighted by Crippen LogP contribution is 2.35. The summed E-state index contributed by atoms with van der Waals surface area (Å²) in [5, 5.41) is 2.86. The van der Waals surface area contributed by atoms with E-state index in [1.807, 2.05) is 29.2 Å². The molecule has 1 amide bonds. The lowest BCUT2D eigenvalue weighted by Gasteiger charge is -2.22. The van der Waals surface area contributed by atoms with Crippen LogP contribution in [-0.4, -0.2) is 17.4 Å². The van der Waals surface area contributed by atoms with Crippen LogP contribution in [0, 0.1) is 12.3 Å². The van der Waals surface area contributed by atoms with Crippen molar-refractivity contribution in [2.24, 2.45) is 0 Å². The fourth-order valence-electron chi connectivity index (χ4n) is 2.17. The van der Waals surface area contributed by atoms with E-state index in [4.69, 9.17) is 6.42 Å². The molecule has 0 unspecified atom stereocenters. The van der Waals surface area contributed by atoms with E-state index in [2.05, 4.69) is 16.2 Å². The first kappa shape index (κ1) is 11.3. The van der Waals surface area contributed by atoms with Gasteiger partial charge in [-0.15, -0.1) is 6.42 Å². The maximum Gasteiger partial charge on any atom is 0.257 e. The summed E-state index contributed by atoms with van der Waals surface area (Å²) in [7, 11) is 0. The summed E-state index contributed by atoms with van der Waals surface area (Å²) in [6, 6.07) is 11.0. The van der Waals surface area contributed by atoms with Crippen molar-refractivity contribution in [2.75, 3.05) is 16.8 Å². The van der Waals surface area contributed by atoms with Crippen LogP contribution in [0.3, 0.4) is 0 Å². The SMILES string of the molecule is C#CCN1c2ccccc2C(=O)Nc2cccnc21. The molecule has 92 valence electrons. The first-order valence-electron chi connectivity index (χ1n) is 5.87. The zero-order valence-corrected chi connectivity index (χ0v) is 10.1. The molecule has 2 aromatic rings. The number of benzene rings is 1. The fourth-order valence-corrected chi connectivity index (χ4v) is 2.17. The van der Waals surface area contributed by atoms with Gasteiger partial charge in [0.15, 0.2) is 5.82 Å². The third-order valence-electron chi connectivity index (χ3n) is 2.98. The number of fused-ring (bicyclic) bond motifs is 2. The Kier molecular flexibility index (Phi) is 2.66. The summed E-state index contributed by atoms with van der Waals surface area (Å²) in [6.45, 7) is 0.357. The van der Waals surface area contributed by atoms with Gasteiger partial charge in [-0.25, -0.2) is 4.98 Å². The largest absolute Gasteiger partial charge is 0.319 e. The molecule has 19 heavy (non-hydrogen) atoms. The molecule has 0 saturated heterocycles. The monoisotopic (exact) mass is 249 g/mol. The van der Waals surface area contributed by atoms with Crippen molar-refractivity contribution in [1.82, 2.24) is 4.98 Å². The number of pyridine rings is 1. The first-order valence-corrected chi connectivity index (χ1v) is 5.87. The Bertz CT molecular complexity index is 688. The number of hydrogen-bond donors (Lipinski definition) is 1. The zero-order chi connectivity index (χ0) is 13.2. The Labute approximate surface area is 111 Å². The summed E-state index contributed by atoms with van der Waals surface area (Å²) in [5.74, 6) is 3.13. The van der Waals surface area contributed by atoms with Gasteiger partial charge in [0.2, 0.25) is 0 Å². The first-order chi connectivity index (χ1) is 9.31. The average Bonchev–Trinajstić information content (AvgIpc) is 2.56. The number of nitrogens with zero attached hydrogens (tertiary/aromatic N) is 2. The molecule has 0 atom stereocenters. The molecule has 2 heterocycles. The van der Waals surface area contributed by atoms with Gasteiger partial charge in [-0.3, -0.25) is 4.79 Å². The molecule has 0 aliphatic carbocycles. The summed E-state index contributed by atoms with van der Waals surface area (Å²) in [5.41, 5.74) is 2.03. The summed E-state index contributed by atoms with van der Waals surface area (Å²) in [4.78, 5) is 18.4. The van der Waals surface area contributed by atoms with E-state index >= 15 is 0 Å². The van der Waals surface area contributed by atoms with Crippen LogP contribution in [0.25, 0.3) is 0 Å². The molecular weight excluding hydrogens is 238 g/mol. The molecule has 3 rings (SSSR count). The number of rotatable bonds is 1. The Hall–Kier alpha value is -2.80. The molecule has 0 radical (unpaired) electrons. The highest BCUT2D eigenvalue weighted by molar-refractivity contribution is 6.12. The molecule has 1 aromatic carbocycles. The third kappa shape index (κ3) is 1.81. The number of aromatic nitrogens is 1. The number of nitrogens with one attached hydrogen (secondary N) is 1. The molecule has 0 saturated carbocycles. The van der Waals surface area contributed by atoms with Crippen LogP contribution < -0.4 is 10.2 Å². The van der Waals surface area contributed by atoms with Gasteiger partial charge < -0.3 is 10.2 Å². The number of amides is 1. The van der Waals surface area contributed by atoms with Gasteiger partial charge in [0, 0.05) is 6.20 Å². The molecule has 0 bridgehead atoms. The van der Waals surface area contributed by atoms with E-state index in [0.29, 0.717) is 23.6 Å².